The van der Waals surface area contributed by atoms with Gasteiger partial charge in [-0.2, -0.15) is 13.2 Å². The minimum Gasteiger partial charge on any atom is -0.204 e. The van der Waals surface area contributed by atoms with Crippen LogP contribution in [0.4, 0.5) is 22.0 Å². The van der Waals surface area contributed by atoms with Gasteiger partial charge in [0, 0.05) is 4.90 Å². The van der Waals surface area contributed by atoms with Crippen molar-refractivity contribution in [2.75, 3.05) is 0 Å². The van der Waals surface area contributed by atoms with Crippen molar-refractivity contribution in [3.8, 4) is 0 Å². The first-order valence-electron chi connectivity index (χ1n) is 3.51. The lowest BCUT2D eigenvalue weighted by molar-refractivity contribution is -0.0328. The summed E-state index contributed by atoms with van der Waals surface area (Å²) >= 11 is -0.456. The van der Waals surface area contributed by atoms with Crippen molar-refractivity contribution in [2.24, 2.45) is 0 Å². The van der Waals surface area contributed by atoms with Crippen LogP contribution in [0, 0.1) is 18.6 Å². The van der Waals surface area contributed by atoms with E-state index in [2.05, 4.69) is 0 Å². The first-order valence-corrected chi connectivity index (χ1v) is 4.32. The van der Waals surface area contributed by atoms with Crippen LogP contribution < -0.4 is 0 Å². The van der Waals surface area contributed by atoms with Crippen LogP contribution in [0.15, 0.2) is 17.0 Å². The van der Waals surface area contributed by atoms with Crippen LogP contribution in [-0.4, -0.2) is 5.51 Å². The summed E-state index contributed by atoms with van der Waals surface area (Å²) in [6.07, 6.45) is 0. The molecule has 0 unspecified atom stereocenters. The topological polar surface area (TPSA) is 0 Å². The molecule has 1 aromatic rings. The molecule has 0 aliphatic rings. The van der Waals surface area contributed by atoms with Gasteiger partial charge < -0.3 is 0 Å². The number of rotatable bonds is 1. The highest BCUT2D eigenvalue weighted by atomic mass is 32.2. The quantitative estimate of drug-likeness (QED) is 0.519. The molecule has 0 saturated heterocycles. The minimum atomic E-state index is -4.49. The molecule has 0 aliphatic heterocycles. The minimum absolute atomic E-state index is 0.0613. The highest BCUT2D eigenvalue weighted by molar-refractivity contribution is 8.00. The molecule has 0 aliphatic carbocycles. The number of alkyl halides is 3. The Morgan fingerprint density at radius 1 is 1.07 bits per heavy atom. The van der Waals surface area contributed by atoms with E-state index in [0.29, 0.717) is 6.07 Å². The maximum atomic E-state index is 12.6. The normalized spacial score (nSPS) is 11.9. The summed E-state index contributed by atoms with van der Waals surface area (Å²) < 4.78 is 60.8. The Balaban J connectivity index is 3.04. The van der Waals surface area contributed by atoms with E-state index in [9.17, 15) is 22.0 Å². The molecule has 1 aromatic carbocycles. The van der Waals surface area contributed by atoms with Crippen molar-refractivity contribution in [3.63, 3.8) is 0 Å². The van der Waals surface area contributed by atoms with Crippen molar-refractivity contribution in [1.29, 1.82) is 0 Å². The van der Waals surface area contributed by atoms with E-state index in [4.69, 9.17) is 0 Å². The second-order valence-electron chi connectivity index (χ2n) is 2.58. The third-order valence-electron chi connectivity index (χ3n) is 1.44. The molecule has 0 N–H and O–H groups in total. The number of hydrogen-bond donors (Lipinski definition) is 0. The molecule has 0 radical (unpaired) electrons. The summed E-state index contributed by atoms with van der Waals surface area (Å²) in [7, 11) is 0. The Morgan fingerprint density at radius 3 is 2.07 bits per heavy atom. The third kappa shape index (κ3) is 2.87. The molecule has 0 bridgehead atoms. The molecule has 0 heterocycles. The van der Waals surface area contributed by atoms with Crippen molar-refractivity contribution in [1.82, 2.24) is 0 Å². The van der Waals surface area contributed by atoms with Gasteiger partial charge in [-0.3, -0.25) is 0 Å². The molecular weight excluding hydrogens is 223 g/mol. The lowest BCUT2D eigenvalue weighted by atomic mass is 10.2. The average molecular weight is 228 g/mol. The second-order valence-corrected chi connectivity index (χ2v) is 3.69. The fraction of sp³-hybridized carbons (Fsp3) is 0.250. The molecule has 0 saturated carbocycles. The summed E-state index contributed by atoms with van der Waals surface area (Å²) in [6, 6.07) is 1.28. The summed E-state index contributed by atoms with van der Waals surface area (Å²) in [6.45, 7) is 1.29. The van der Waals surface area contributed by atoms with E-state index >= 15 is 0 Å². The smallest absolute Gasteiger partial charge is 0.204 e. The van der Waals surface area contributed by atoms with Crippen LogP contribution in [0.2, 0.25) is 0 Å². The number of benzene rings is 1. The van der Waals surface area contributed by atoms with Gasteiger partial charge in [0.2, 0.25) is 0 Å². The van der Waals surface area contributed by atoms with Gasteiger partial charge in [-0.05, 0) is 36.4 Å². The van der Waals surface area contributed by atoms with Gasteiger partial charge in [0.1, 0.15) is 0 Å². The number of halogens is 5. The van der Waals surface area contributed by atoms with Crippen LogP contribution in [0.5, 0.6) is 0 Å². The van der Waals surface area contributed by atoms with Crippen LogP contribution in [0.3, 0.4) is 0 Å². The van der Waals surface area contributed by atoms with Crippen molar-refractivity contribution < 1.29 is 22.0 Å². The standard InChI is InChI=1S/C8H5F5S/c1-4-2-5(9)6(10)3-7(4)14-8(11,12)13/h2-3H,1H3. The highest BCUT2D eigenvalue weighted by Crippen LogP contribution is 2.38. The van der Waals surface area contributed by atoms with E-state index in [1.165, 1.54) is 6.92 Å². The van der Waals surface area contributed by atoms with E-state index in [0.717, 1.165) is 6.07 Å². The summed E-state index contributed by atoms with van der Waals surface area (Å²) in [5, 5.41) is 0. The average Bonchev–Trinajstić information content (AvgIpc) is 1.97. The lowest BCUT2D eigenvalue weighted by Gasteiger charge is -2.08. The highest BCUT2D eigenvalue weighted by Gasteiger charge is 2.30. The fourth-order valence-corrected chi connectivity index (χ4v) is 1.49. The monoisotopic (exact) mass is 228 g/mol. The Kier molecular flexibility index (Phi) is 3.04. The predicted octanol–water partition coefficient (Wildman–Crippen LogP) is 3.89. The molecular formula is C8H5F5S. The van der Waals surface area contributed by atoms with Gasteiger partial charge in [0.25, 0.3) is 0 Å². The summed E-state index contributed by atoms with van der Waals surface area (Å²) in [5.41, 5.74) is -4.43. The fourth-order valence-electron chi connectivity index (χ4n) is 0.863. The molecule has 6 heteroatoms. The molecule has 0 atom stereocenters. The number of hydrogen-bond acceptors (Lipinski definition) is 1. The van der Waals surface area contributed by atoms with Gasteiger partial charge in [-0.25, -0.2) is 8.78 Å². The van der Waals surface area contributed by atoms with E-state index in [-0.39, 0.29) is 10.5 Å². The summed E-state index contributed by atoms with van der Waals surface area (Å²) in [4.78, 5) is -0.323. The molecule has 0 nitrogen and oxygen atoms in total. The Morgan fingerprint density at radius 2 is 1.57 bits per heavy atom. The Labute approximate surface area is 81.1 Å². The molecule has 14 heavy (non-hydrogen) atoms. The molecule has 1 rings (SSSR count). The van der Waals surface area contributed by atoms with Crippen molar-refractivity contribution in [2.45, 2.75) is 17.3 Å². The van der Waals surface area contributed by atoms with Gasteiger partial charge in [0.05, 0.1) is 0 Å². The van der Waals surface area contributed by atoms with Crippen LogP contribution in [-0.2, 0) is 0 Å². The zero-order chi connectivity index (χ0) is 10.9. The van der Waals surface area contributed by atoms with E-state index < -0.39 is 28.9 Å². The summed E-state index contributed by atoms with van der Waals surface area (Å²) in [5.74, 6) is -2.42. The third-order valence-corrected chi connectivity index (χ3v) is 2.33. The molecule has 0 aromatic heterocycles. The zero-order valence-electron chi connectivity index (χ0n) is 6.95. The first-order chi connectivity index (χ1) is 6.29. The van der Waals surface area contributed by atoms with Crippen LogP contribution in [0.25, 0.3) is 0 Å². The second kappa shape index (κ2) is 3.76. The first kappa shape index (κ1) is 11.3. The Hall–Kier alpha value is -0.780. The Bertz CT molecular complexity index is 344. The van der Waals surface area contributed by atoms with Gasteiger partial charge in [-0.1, -0.05) is 0 Å². The van der Waals surface area contributed by atoms with Crippen LogP contribution >= 0.6 is 11.8 Å². The number of aryl methyl sites for hydroxylation is 1. The van der Waals surface area contributed by atoms with Gasteiger partial charge in [-0.15, -0.1) is 0 Å². The largest absolute Gasteiger partial charge is 0.446 e. The van der Waals surface area contributed by atoms with Crippen molar-refractivity contribution >= 4 is 11.8 Å². The maximum Gasteiger partial charge on any atom is 0.446 e. The van der Waals surface area contributed by atoms with Gasteiger partial charge >= 0.3 is 5.51 Å². The zero-order valence-corrected chi connectivity index (χ0v) is 7.77. The van der Waals surface area contributed by atoms with E-state index in [1.807, 2.05) is 0 Å². The lowest BCUT2D eigenvalue weighted by Crippen LogP contribution is -2.01. The predicted molar refractivity (Wildman–Crippen MR) is 43.0 cm³/mol. The molecule has 0 fully saturated rings. The molecule has 78 valence electrons. The SMILES string of the molecule is Cc1cc(F)c(F)cc1SC(F)(F)F. The molecule has 0 amide bonds. The van der Waals surface area contributed by atoms with E-state index in [1.54, 1.807) is 0 Å². The van der Waals surface area contributed by atoms with Gasteiger partial charge in [0.15, 0.2) is 11.6 Å². The molecule has 0 spiro atoms. The van der Waals surface area contributed by atoms with Crippen molar-refractivity contribution in [3.05, 3.63) is 29.3 Å². The number of thioether (sulfide) groups is 1. The van der Waals surface area contributed by atoms with Crippen LogP contribution in [0.1, 0.15) is 5.56 Å². The maximum absolute atomic E-state index is 12.6.